The van der Waals surface area contributed by atoms with Gasteiger partial charge < -0.3 is 9.47 Å². The van der Waals surface area contributed by atoms with Crippen molar-refractivity contribution in [1.82, 2.24) is 0 Å². The molecule has 82 valence electrons. The van der Waals surface area contributed by atoms with Crippen LogP contribution in [0.4, 0.5) is 0 Å². The van der Waals surface area contributed by atoms with Crippen LogP contribution in [0.5, 0.6) is 0 Å². The van der Waals surface area contributed by atoms with Gasteiger partial charge in [-0.05, 0) is 25.7 Å². The molecular formula is C12H22O2. The minimum atomic E-state index is 0.476. The third-order valence-corrected chi connectivity index (χ3v) is 2.68. The van der Waals surface area contributed by atoms with E-state index >= 15 is 0 Å². The fourth-order valence-corrected chi connectivity index (χ4v) is 1.87. The van der Waals surface area contributed by atoms with Crippen molar-refractivity contribution in [3.05, 3.63) is 12.8 Å². The molecule has 2 heteroatoms. The van der Waals surface area contributed by atoms with Crippen LogP contribution in [0.25, 0.3) is 0 Å². The smallest absolute Gasteiger partial charge is 0.0873 e. The van der Waals surface area contributed by atoms with E-state index in [0.29, 0.717) is 6.10 Å². The maximum absolute atomic E-state index is 5.78. The number of hydrogen-bond acceptors (Lipinski definition) is 2. The number of ether oxygens (including phenoxy) is 2. The lowest BCUT2D eigenvalue weighted by atomic mass is 10.0. The fourth-order valence-electron chi connectivity index (χ4n) is 1.87. The Balaban J connectivity index is 2.04. The first-order chi connectivity index (χ1) is 6.93. The zero-order valence-electron chi connectivity index (χ0n) is 9.04. The second kappa shape index (κ2) is 7.86. The van der Waals surface area contributed by atoms with Gasteiger partial charge in [-0.3, -0.25) is 0 Å². The molecule has 0 N–H and O–H groups in total. The first-order valence-corrected chi connectivity index (χ1v) is 5.77. The van der Waals surface area contributed by atoms with Crippen LogP contribution in [0, 0.1) is 0 Å². The molecule has 0 amide bonds. The Morgan fingerprint density at radius 3 is 3.00 bits per heavy atom. The summed E-state index contributed by atoms with van der Waals surface area (Å²) in [5.74, 6) is 0. The first kappa shape index (κ1) is 11.6. The molecule has 0 aromatic rings. The molecule has 1 unspecified atom stereocenters. The van der Waals surface area contributed by atoms with Gasteiger partial charge in [-0.15, -0.1) is 0 Å². The van der Waals surface area contributed by atoms with Crippen molar-refractivity contribution in [2.75, 3.05) is 13.2 Å². The molecule has 1 fully saturated rings. The monoisotopic (exact) mass is 198 g/mol. The average molecular weight is 198 g/mol. The molecule has 0 aliphatic carbocycles. The van der Waals surface area contributed by atoms with Gasteiger partial charge in [-0.2, -0.15) is 0 Å². The molecule has 1 heterocycles. The summed E-state index contributed by atoms with van der Waals surface area (Å²) in [7, 11) is 0. The van der Waals surface area contributed by atoms with Crippen molar-refractivity contribution in [2.45, 2.75) is 51.0 Å². The van der Waals surface area contributed by atoms with Crippen molar-refractivity contribution in [3.63, 3.8) is 0 Å². The van der Waals surface area contributed by atoms with E-state index in [4.69, 9.17) is 9.47 Å². The lowest BCUT2D eigenvalue weighted by Gasteiger charge is -2.20. The average Bonchev–Trinajstić information content (AvgIpc) is 2.15. The van der Waals surface area contributed by atoms with Gasteiger partial charge in [0.1, 0.15) is 0 Å². The molecule has 0 saturated carbocycles. The van der Waals surface area contributed by atoms with E-state index in [9.17, 15) is 0 Å². The summed E-state index contributed by atoms with van der Waals surface area (Å²) in [5.41, 5.74) is 0. The molecule has 0 bridgehead atoms. The molecule has 0 spiro atoms. The van der Waals surface area contributed by atoms with Gasteiger partial charge in [0.15, 0.2) is 0 Å². The van der Waals surface area contributed by atoms with Crippen LogP contribution >= 0.6 is 0 Å². The van der Waals surface area contributed by atoms with E-state index in [1.165, 1.54) is 38.4 Å². The summed E-state index contributed by atoms with van der Waals surface area (Å²) in [6.07, 6.45) is 10.7. The van der Waals surface area contributed by atoms with E-state index in [1.807, 2.05) is 0 Å². The Kier molecular flexibility index (Phi) is 6.50. The van der Waals surface area contributed by atoms with Gasteiger partial charge in [0.05, 0.1) is 19.0 Å². The van der Waals surface area contributed by atoms with Gasteiger partial charge >= 0.3 is 0 Å². The molecule has 1 rings (SSSR count). The topological polar surface area (TPSA) is 18.5 Å². The van der Waals surface area contributed by atoms with Crippen LogP contribution in [0.1, 0.15) is 44.9 Å². The van der Waals surface area contributed by atoms with Crippen molar-refractivity contribution < 1.29 is 9.47 Å². The molecule has 1 atom stereocenters. The molecule has 0 aromatic carbocycles. The van der Waals surface area contributed by atoms with Gasteiger partial charge in [0.2, 0.25) is 0 Å². The van der Waals surface area contributed by atoms with E-state index in [1.54, 1.807) is 0 Å². The number of hydrogen-bond donors (Lipinski definition) is 0. The third-order valence-electron chi connectivity index (χ3n) is 2.68. The normalized spacial score (nSPS) is 23.6. The highest BCUT2D eigenvalue weighted by Gasteiger charge is 2.10. The zero-order chi connectivity index (χ0) is 10.1. The molecule has 1 aliphatic rings. The second-order valence-corrected chi connectivity index (χ2v) is 3.88. The van der Waals surface area contributed by atoms with Gasteiger partial charge in [0, 0.05) is 6.61 Å². The molecule has 0 aromatic heterocycles. The van der Waals surface area contributed by atoms with Crippen molar-refractivity contribution in [3.8, 4) is 0 Å². The minimum absolute atomic E-state index is 0.476. The summed E-state index contributed by atoms with van der Waals surface area (Å²) in [6, 6.07) is 0. The Morgan fingerprint density at radius 1 is 1.29 bits per heavy atom. The number of rotatable bonds is 5. The van der Waals surface area contributed by atoms with Crippen LogP contribution in [0.15, 0.2) is 12.8 Å². The highest BCUT2D eigenvalue weighted by molar-refractivity contribution is 4.62. The fraction of sp³-hybridized carbons (Fsp3) is 0.833. The molecule has 0 radical (unpaired) electrons. The van der Waals surface area contributed by atoms with Crippen molar-refractivity contribution >= 4 is 0 Å². The van der Waals surface area contributed by atoms with Crippen LogP contribution in [-0.2, 0) is 9.47 Å². The summed E-state index contributed by atoms with van der Waals surface area (Å²) < 4.78 is 10.9. The van der Waals surface area contributed by atoms with Crippen LogP contribution in [-0.4, -0.2) is 19.3 Å². The van der Waals surface area contributed by atoms with E-state index < -0.39 is 0 Å². The van der Waals surface area contributed by atoms with Gasteiger partial charge in [-0.25, -0.2) is 0 Å². The molecule has 2 nitrogen and oxygen atoms in total. The zero-order valence-corrected chi connectivity index (χ0v) is 9.04. The van der Waals surface area contributed by atoms with Crippen molar-refractivity contribution in [1.29, 1.82) is 0 Å². The highest BCUT2D eigenvalue weighted by Crippen LogP contribution is 2.16. The predicted octanol–water partition coefficient (Wildman–Crippen LogP) is 3.28. The van der Waals surface area contributed by atoms with E-state index in [0.717, 1.165) is 26.1 Å². The molecule has 1 saturated heterocycles. The second-order valence-electron chi connectivity index (χ2n) is 3.88. The van der Waals surface area contributed by atoms with E-state index in [-0.39, 0.29) is 0 Å². The first-order valence-electron chi connectivity index (χ1n) is 5.77. The van der Waals surface area contributed by atoms with Crippen molar-refractivity contribution in [2.24, 2.45) is 0 Å². The lowest BCUT2D eigenvalue weighted by molar-refractivity contribution is 0.0257. The minimum Gasteiger partial charge on any atom is -0.502 e. The Bertz CT molecular complexity index is 137. The van der Waals surface area contributed by atoms with Crippen LogP contribution < -0.4 is 0 Å². The van der Waals surface area contributed by atoms with Gasteiger partial charge in [0.25, 0.3) is 0 Å². The van der Waals surface area contributed by atoms with Crippen LogP contribution in [0.3, 0.4) is 0 Å². The standard InChI is InChI=1S/C12H22O2/c1-2-13-10-7-9-12-8-5-3-4-6-11-14-12/h2,12H,1,3-11H2. The molecular weight excluding hydrogens is 176 g/mol. The molecule has 14 heavy (non-hydrogen) atoms. The third kappa shape index (κ3) is 5.28. The summed E-state index contributed by atoms with van der Waals surface area (Å²) in [6.45, 7) is 5.25. The largest absolute Gasteiger partial charge is 0.502 e. The Morgan fingerprint density at radius 2 is 2.14 bits per heavy atom. The highest BCUT2D eigenvalue weighted by atomic mass is 16.5. The van der Waals surface area contributed by atoms with Crippen LogP contribution in [0.2, 0.25) is 0 Å². The maximum atomic E-state index is 5.78. The summed E-state index contributed by atoms with van der Waals surface area (Å²) in [4.78, 5) is 0. The Labute approximate surface area is 87.3 Å². The molecule has 1 aliphatic heterocycles. The lowest BCUT2D eigenvalue weighted by Crippen LogP contribution is -2.16. The maximum Gasteiger partial charge on any atom is 0.0873 e. The SMILES string of the molecule is C=COCCCC1CCCCCCO1. The Hall–Kier alpha value is -0.500. The summed E-state index contributed by atoms with van der Waals surface area (Å²) >= 11 is 0. The summed E-state index contributed by atoms with van der Waals surface area (Å²) in [5, 5.41) is 0. The predicted molar refractivity (Wildman–Crippen MR) is 58.2 cm³/mol. The van der Waals surface area contributed by atoms with Gasteiger partial charge in [-0.1, -0.05) is 25.8 Å². The van der Waals surface area contributed by atoms with E-state index in [2.05, 4.69) is 6.58 Å². The quantitative estimate of drug-likeness (QED) is 0.498.